The maximum Gasteiger partial charge on any atom is 0.323 e. The third-order valence-corrected chi connectivity index (χ3v) is 9.91. The van der Waals surface area contributed by atoms with Gasteiger partial charge in [-0.2, -0.15) is 10.5 Å². The molecular weight excluding hydrogens is 773 g/mol. The second-order valence-corrected chi connectivity index (χ2v) is 15.1. The SMILES string of the molecule is C[C@H](N)c1ccc(C(C)(C)C#N)cc1.C[C@H](NC(=O)Cn1cnc2ccc(F)c(Cl)c21)c1ccc(C(C)(C)C#N)cc1.O=C(O)Cn1cnc2ccc(F)c(Cl)c21. The number of imidazole rings is 2. The Bertz CT molecular complexity index is 2460. The molecule has 0 aliphatic heterocycles. The smallest absolute Gasteiger partial charge is 0.323 e. The van der Waals surface area contributed by atoms with E-state index in [1.807, 2.05) is 90.1 Å². The van der Waals surface area contributed by atoms with Gasteiger partial charge in [0, 0.05) is 6.04 Å². The molecule has 0 radical (unpaired) electrons. The van der Waals surface area contributed by atoms with Crippen LogP contribution in [0, 0.1) is 34.3 Å². The zero-order chi connectivity index (χ0) is 42.2. The Morgan fingerprint density at radius 3 is 1.54 bits per heavy atom. The van der Waals surface area contributed by atoms with Crippen LogP contribution in [0.3, 0.4) is 0 Å². The normalized spacial score (nSPS) is 12.3. The number of amides is 1. The number of fused-ring (bicyclic) bond motifs is 2. The Morgan fingerprint density at radius 1 is 0.754 bits per heavy atom. The number of halogens is 4. The van der Waals surface area contributed by atoms with Crippen molar-refractivity contribution in [3.63, 3.8) is 0 Å². The highest BCUT2D eigenvalue weighted by Gasteiger charge is 2.21. The Morgan fingerprint density at radius 2 is 1.16 bits per heavy atom. The van der Waals surface area contributed by atoms with Crippen molar-refractivity contribution in [1.29, 1.82) is 10.5 Å². The zero-order valence-electron chi connectivity index (χ0n) is 32.2. The largest absolute Gasteiger partial charge is 0.480 e. The second-order valence-electron chi connectivity index (χ2n) is 14.4. The van der Waals surface area contributed by atoms with Gasteiger partial charge in [0.1, 0.15) is 34.8 Å². The number of rotatable bonds is 9. The first-order valence-corrected chi connectivity index (χ1v) is 18.4. The number of aliphatic carboxylic acids is 1. The highest BCUT2D eigenvalue weighted by Crippen LogP contribution is 2.28. The van der Waals surface area contributed by atoms with Crippen molar-refractivity contribution < 1.29 is 23.5 Å². The summed E-state index contributed by atoms with van der Waals surface area (Å²) < 4.78 is 29.7. The number of benzene rings is 4. The fourth-order valence-electron chi connectivity index (χ4n) is 5.63. The van der Waals surface area contributed by atoms with Crippen LogP contribution in [0.5, 0.6) is 0 Å². The Hall–Kier alpha value is -5.86. The molecule has 0 spiro atoms. The number of carboxylic acid groups (broad SMARTS) is 1. The maximum atomic E-state index is 13.7. The van der Waals surface area contributed by atoms with Gasteiger partial charge in [-0.1, -0.05) is 71.7 Å². The summed E-state index contributed by atoms with van der Waals surface area (Å²) in [5, 5.41) is 29.6. The molecule has 296 valence electrons. The number of carbonyl (C=O) groups excluding carboxylic acids is 1. The molecule has 0 saturated carbocycles. The molecule has 1 amide bonds. The van der Waals surface area contributed by atoms with Gasteiger partial charge in [0.25, 0.3) is 0 Å². The lowest BCUT2D eigenvalue weighted by atomic mass is 9.85. The lowest BCUT2D eigenvalue weighted by Crippen LogP contribution is -2.30. The van der Waals surface area contributed by atoms with E-state index < -0.39 is 28.4 Å². The predicted octanol–water partition coefficient (Wildman–Crippen LogP) is 8.93. The summed E-state index contributed by atoms with van der Waals surface area (Å²) in [7, 11) is 0. The molecule has 15 heteroatoms. The first kappa shape index (κ1) is 43.9. The number of nitriles is 2. The third kappa shape index (κ3) is 10.7. The standard InChI is InChI=1S/C21H20ClFN4O.C12H16N2.C9H6ClFN2O2/c1-13(14-4-6-15(7-5-14)21(2,3)11-24)26-18(28)10-27-12-25-17-9-8-16(23)19(22)20(17)27;1-9(14)10-4-6-11(7-5-10)12(2,3)8-13;10-8-5(11)1-2-6-9(8)13(4-12-6)3-7(14)15/h4-9,12-13H,10H2,1-3H3,(H,26,28);4-7,9H,14H2,1-3H3;1-2,4H,3H2,(H,14,15)/t13-;9-;/m00./s1. The lowest BCUT2D eigenvalue weighted by Gasteiger charge is -2.19. The maximum absolute atomic E-state index is 13.7. The summed E-state index contributed by atoms with van der Waals surface area (Å²) in [6.45, 7) is 11.0. The van der Waals surface area contributed by atoms with E-state index in [0.717, 1.165) is 22.3 Å². The minimum absolute atomic E-state index is 0.0242. The summed E-state index contributed by atoms with van der Waals surface area (Å²) in [6, 6.07) is 25.3. The zero-order valence-corrected chi connectivity index (χ0v) is 33.7. The molecule has 11 nitrogen and oxygen atoms in total. The van der Waals surface area contributed by atoms with Crippen molar-refractivity contribution in [2.75, 3.05) is 0 Å². The number of nitrogens with one attached hydrogen (secondary N) is 1. The number of hydrogen-bond acceptors (Lipinski definition) is 7. The molecule has 6 rings (SSSR count). The molecule has 0 unspecified atom stereocenters. The van der Waals surface area contributed by atoms with Crippen molar-refractivity contribution >= 4 is 57.1 Å². The molecule has 57 heavy (non-hydrogen) atoms. The van der Waals surface area contributed by atoms with Gasteiger partial charge in [-0.25, -0.2) is 18.7 Å². The Labute approximate surface area is 339 Å². The molecule has 2 heterocycles. The van der Waals surface area contributed by atoms with E-state index in [4.69, 9.17) is 39.3 Å². The number of carbonyl (C=O) groups is 2. The van der Waals surface area contributed by atoms with E-state index in [1.54, 1.807) is 0 Å². The summed E-state index contributed by atoms with van der Waals surface area (Å²) in [6.07, 6.45) is 2.79. The van der Waals surface area contributed by atoms with Crippen LogP contribution in [0.4, 0.5) is 8.78 Å². The van der Waals surface area contributed by atoms with Gasteiger partial charge in [0.2, 0.25) is 5.91 Å². The van der Waals surface area contributed by atoms with Crippen molar-refractivity contribution in [3.8, 4) is 12.1 Å². The van der Waals surface area contributed by atoms with Crippen molar-refractivity contribution in [2.45, 2.75) is 77.5 Å². The molecule has 4 aromatic carbocycles. The summed E-state index contributed by atoms with van der Waals surface area (Å²) in [4.78, 5) is 31.1. The number of aromatic nitrogens is 4. The lowest BCUT2D eigenvalue weighted by molar-refractivity contribution is -0.137. The van der Waals surface area contributed by atoms with Gasteiger partial charge in [0.05, 0.1) is 63.7 Å². The van der Waals surface area contributed by atoms with Gasteiger partial charge in [-0.15, -0.1) is 0 Å². The Balaban J connectivity index is 0.000000209. The number of hydrogen-bond donors (Lipinski definition) is 3. The van der Waals surface area contributed by atoms with E-state index in [-0.39, 0.29) is 41.1 Å². The van der Waals surface area contributed by atoms with Crippen LogP contribution >= 0.6 is 23.2 Å². The molecule has 2 atom stereocenters. The van der Waals surface area contributed by atoms with Crippen molar-refractivity contribution in [3.05, 3.63) is 129 Å². The minimum atomic E-state index is -1.03. The summed E-state index contributed by atoms with van der Waals surface area (Å²) in [5.41, 5.74) is 10.4. The third-order valence-electron chi connectivity index (χ3n) is 9.19. The fraction of sp³-hybridized carbons (Fsp3) is 0.286. The quantitative estimate of drug-likeness (QED) is 0.130. The first-order valence-electron chi connectivity index (χ1n) is 17.7. The highest BCUT2D eigenvalue weighted by atomic mass is 35.5. The van der Waals surface area contributed by atoms with Crippen LogP contribution in [0.15, 0.2) is 85.5 Å². The van der Waals surface area contributed by atoms with Gasteiger partial charge in [-0.05, 0) is 88.1 Å². The molecule has 2 aromatic heterocycles. The van der Waals surface area contributed by atoms with E-state index >= 15 is 0 Å². The fourth-order valence-corrected chi connectivity index (χ4v) is 6.16. The van der Waals surface area contributed by atoms with E-state index in [2.05, 4.69) is 27.4 Å². The summed E-state index contributed by atoms with van der Waals surface area (Å²) in [5.74, 6) is -2.41. The summed E-state index contributed by atoms with van der Waals surface area (Å²) >= 11 is 11.8. The van der Waals surface area contributed by atoms with Crippen LogP contribution in [0.1, 0.15) is 75.9 Å². The van der Waals surface area contributed by atoms with Crippen LogP contribution in [0.25, 0.3) is 22.1 Å². The molecule has 0 fully saturated rings. The molecule has 0 saturated heterocycles. The Kier molecular flexibility index (Phi) is 14.2. The van der Waals surface area contributed by atoms with E-state index in [0.29, 0.717) is 22.1 Å². The van der Waals surface area contributed by atoms with Crippen LogP contribution in [0.2, 0.25) is 10.0 Å². The van der Waals surface area contributed by atoms with Crippen LogP contribution in [-0.4, -0.2) is 36.1 Å². The van der Waals surface area contributed by atoms with Gasteiger partial charge in [-0.3, -0.25) is 9.59 Å². The van der Waals surface area contributed by atoms with Crippen LogP contribution < -0.4 is 11.1 Å². The second kappa shape index (κ2) is 18.4. The molecule has 0 aliphatic rings. The van der Waals surface area contributed by atoms with Gasteiger partial charge in [0.15, 0.2) is 0 Å². The molecular formula is C42H42Cl2F2N8O3. The number of nitrogens with two attached hydrogens (primary N) is 1. The number of carboxylic acids is 1. The van der Waals surface area contributed by atoms with Gasteiger partial charge < -0.3 is 25.3 Å². The minimum Gasteiger partial charge on any atom is -0.480 e. The molecule has 4 N–H and O–H groups in total. The van der Waals surface area contributed by atoms with Crippen molar-refractivity contribution in [1.82, 2.24) is 24.4 Å². The monoisotopic (exact) mass is 814 g/mol. The first-order chi connectivity index (χ1) is 26.8. The van der Waals surface area contributed by atoms with Crippen LogP contribution in [-0.2, 0) is 33.5 Å². The molecule has 0 aliphatic carbocycles. The average Bonchev–Trinajstić information content (AvgIpc) is 3.79. The average molecular weight is 816 g/mol. The molecule has 0 bridgehead atoms. The number of nitrogens with zero attached hydrogens (tertiary/aromatic N) is 6. The van der Waals surface area contributed by atoms with E-state index in [1.165, 1.54) is 46.1 Å². The topological polar surface area (TPSA) is 176 Å². The molecule has 6 aromatic rings. The predicted molar refractivity (Wildman–Crippen MR) is 216 cm³/mol. The van der Waals surface area contributed by atoms with Gasteiger partial charge >= 0.3 is 5.97 Å². The highest BCUT2D eigenvalue weighted by molar-refractivity contribution is 6.35. The van der Waals surface area contributed by atoms with E-state index in [9.17, 15) is 23.6 Å². The van der Waals surface area contributed by atoms with Crippen molar-refractivity contribution in [2.24, 2.45) is 5.73 Å².